The smallest absolute Gasteiger partial charge is 0.143 e. The van der Waals surface area contributed by atoms with Crippen molar-refractivity contribution in [2.75, 3.05) is 0 Å². The van der Waals surface area contributed by atoms with Gasteiger partial charge in [-0.2, -0.15) is 0 Å². The molecule has 0 aromatic carbocycles. The maximum absolute atomic E-state index is 10.3. The highest BCUT2D eigenvalue weighted by Crippen LogP contribution is 2.41. The second kappa shape index (κ2) is 8.19. The lowest BCUT2D eigenvalue weighted by Gasteiger charge is -2.36. The standard InChI is InChI=1S/C19H25ClO/c1-15(12-14-21)7-5-9-17(20)10-11-18-16(2)8-6-13-19(18,3)4/h5,7-12,14,18H,6,13H2,1-4H3/b7-5+,11-10+,15-12+,17-9-. The van der Waals surface area contributed by atoms with Crippen LogP contribution in [0.3, 0.4) is 0 Å². The first-order valence-corrected chi connectivity index (χ1v) is 7.75. The highest BCUT2D eigenvalue weighted by Gasteiger charge is 2.30. The number of rotatable bonds is 5. The van der Waals surface area contributed by atoms with E-state index < -0.39 is 0 Å². The molecule has 0 spiro atoms. The summed E-state index contributed by atoms with van der Waals surface area (Å²) in [5, 5.41) is 0.694. The molecule has 1 unspecified atom stereocenters. The van der Waals surface area contributed by atoms with Gasteiger partial charge in [0.05, 0.1) is 0 Å². The van der Waals surface area contributed by atoms with Gasteiger partial charge >= 0.3 is 0 Å². The van der Waals surface area contributed by atoms with Gasteiger partial charge in [0.15, 0.2) is 0 Å². The van der Waals surface area contributed by atoms with Crippen molar-refractivity contribution >= 4 is 17.9 Å². The summed E-state index contributed by atoms with van der Waals surface area (Å²) in [5.41, 5.74) is 2.61. The predicted octanol–water partition coefficient (Wildman–Crippen LogP) is 5.75. The van der Waals surface area contributed by atoms with Gasteiger partial charge in [-0.1, -0.05) is 55.3 Å². The Morgan fingerprint density at radius 3 is 2.67 bits per heavy atom. The van der Waals surface area contributed by atoms with E-state index in [1.54, 1.807) is 0 Å². The zero-order chi connectivity index (χ0) is 15.9. The lowest BCUT2D eigenvalue weighted by molar-refractivity contribution is -0.104. The Morgan fingerprint density at radius 1 is 1.33 bits per heavy atom. The number of allylic oxidation sites excluding steroid dienone is 10. The Hall–Kier alpha value is -1.34. The van der Waals surface area contributed by atoms with E-state index in [-0.39, 0.29) is 5.41 Å². The first-order valence-electron chi connectivity index (χ1n) is 7.37. The van der Waals surface area contributed by atoms with Gasteiger partial charge in [-0.15, -0.1) is 0 Å². The Balaban J connectivity index is 2.75. The van der Waals surface area contributed by atoms with E-state index in [1.807, 2.05) is 31.2 Å². The molecule has 0 bridgehead atoms. The number of aldehydes is 1. The summed E-state index contributed by atoms with van der Waals surface area (Å²) < 4.78 is 0. The molecule has 1 nitrogen and oxygen atoms in total. The van der Waals surface area contributed by atoms with Crippen molar-refractivity contribution in [3.8, 4) is 0 Å². The van der Waals surface area contributed by atoms with Crippen LogP contribution in [0.15, 0.2) is 58.7 Å². The average molecular weight is 305 g/mol. The van der Waals surface area contributed by atoms with Gasteiger partial charge in [-0.25, -0.2) is 0 Å². The van der Waals surface area contributed by atoms with Crippen LogP contribution >= 0.6 is 11.6 Å². The molecule has 0 fully saturated rings. The third kappa shape index (κ3) is 5.89. The minimum atomic E-state index is 0.283. The Kier molecular flexibility index (Phi) is 6.91. The summed E-state index contributed by atoms with van der Waals surface area (Å²) in [6.45, 7) is 8.69. The Labute approximate surface area is 133 Å². The summed E-state index contributed by atoms with van der Waals surface area (Å²) in [4.78, 5) is 10.3. The van der Waals surface area contributed by atoms with Crippen LogP contribution in [-0.2, 0) is 4.79 Å². The monoisotopic (exact) mass is 304 g/mol. The van der Waals surface area contributed by atoms with E-state index >= 15 is 0 Å². The van der Waals surface area contributed by atoms with Crippen LogP contribution in [0.5, 0.6) is 0 Å². The first kappa shape index (κ1) is 17.7. The normalized spacial score (nSPS) is 23.7. The van der Waals surface area contributed by atoms with Crippen LogP contribution in [0.4, 0.5) is 0 Å². The molecule has 0 saturated heterocycles. The molecule has 0 heterocycles. The zero-order valence-electron chi connectivity index (χ0n) is 13.4. The van der Waals surface area contributed by atoms with Crippen molar-refractivity contribution in [1.82, 2.24) is 0 Å². The summed E-state index contributed by atoms with van der Waals surface area (Å²) in [5.74, 6) is 0.439. The van der Waals surface area contributed by atoms with Crippen LogP contribution in [0, 0.1) is 11.3 Å². The molecule has 1 atom stereocenters. The van der Waals surface area contributed by atoms with Crippen LogP contribution in [0.25, 0.3) is 0 Å². The molecule has 1 aliphatic carbocycles. The van der Waals surface area contributed by atoms with E-state index in [2.05, 4.69) is 32.9 Å². The number of carbonyl (C=O) groups is 1. The van der Waals surface area contributed by atoms with Crippen molar-refractivity contribution in [2.24, 2.45) is 11.3 Å². The fourth-order valence-corrected chi connectivity index (χ4v) is 2.83. The number of hydrogen-bond donors (Lipinski definition) is 0. The van der Waals surface area contributed by atoms with Crippen LogP contribution in [-0.4, -0.2) is 6.29 Å². The third-order valence-corrected chi connectivity index (χ3v) is 4.23. The van der Waals surface area contributed by atoms with E-state index in [9.17, 15) is 4.79 Å². The van der Waals surface area contributed by atoms with Crippen molar-refractivity contribution in [1.29, 1.82) is 0 Å². The van der Waals surface area contributed by atoms with E-state index in [1.165, 1.54) is 18.1 Å². The lowest BCUT2D eigenvalue weighted by Crippen LogP contribution is -2.26. The number of halogens is 1. The molecule has 0 radical (unpaired) electrons. The quantitative estimate of drug-likeness (QED) is 0.273. The Bertz CT molecular complexity index is 516. The fourth-order valence-electron chi connectivity index (χ4n) is 2.68. The van der Waals surface area contributed by atoms with Gasteiger partial charge < -0.3 is 0 Å². The van der Waals surface area contributed by atoms with Crippen molar-refractivity contribution in [3.63, 3.8) is 0 Å². The number of hydrogen-bond acceptors (Lipinski definition) is 1. The molecule has 114 valence electrons. The molecule has 0 aromatic rings. The van der Waals surface area contributed by atoms with Gasteiger partial charge in [0.1, 0.15) is 6.29 Å². The summed E-state index contributed by atoms with van der Waals surface area (Å²) in [6, 6.07) is 0. The SMILES string of the molecule is CC1=CCCC(C)(C)C1/C=C/C(Cl)=C/C=C/C(C)=C/C=O. The summed E-state index contributed by atoms with van der Waals surface area (Å²) in [7, 11) is 0. The highest BCUT2D eigenvalue weighted by molar-refractivity contribution is 6.31. The number of carbonyl (C=O) groups excluding carboxylic acids is 1. The molecule has 0 N–H and O–H groups in total. The van der Waals surface area contributed by atoms with Crippen LogP contribution < -0.4 is 0 Å². The summed E-state index contributed by atoms with van der Waals surface area (Å²) >= 11 is 6.22. The first-order chi connectivity index (χ1) is 9.86. The minimum absolute atomic E-state index is 0.283. The molecule has 21 heavy (non-hydrogen) atoms. The average Bonchev–Trinajstić information content (AvgIpc) is 2.37. The highest BCUT2D eigenvalue weighted by atomic mass is 35.5. The van der Waals surface area contributed by atoms with Gasteiger partial charge in [0, 0.05) is 11.0 Å². The topological polar surface area (TPSA) is 17.1 Å². The predicted molar refractivity (Wildman–Crippen MR) is 92.3 cm³/mol. The van der Waals surface area contributed by atoms with Gasteiger partial charge in [0.2, 0.25) is 0 Å². The molecule has 0 aromatic heterocycles. The van der Waals surface area contributed by atoms with Gasteiger partial charge in [-0.3, -0.25) is 4.79 Å². The van der Waals surface area contributed by atoms with Gasteiger partial charge in [-0.05, 0) is 55.9 Å². The second-order valence-electron chi connectivity index (χ2n) is 6.27. The Morgan fingerprint density at radius 2 is 2.05 bits per heavy atom. The zero-order valence-corrected chi connectivity index (χ0v) is 14.2. The largest absolute Gasteiger partial charge is 0.299 e. The molecule has 2 heteroatoms. The van der Waals surface area contributed by atoms with Crippen molar-refractivity contribution in [3.05, 3.63) is 58.7 Å². The minimum Gasteiger partial charge on any atom is -0.299 e. The van der Waals surface area contributed by atoms with Crippen LogP contribution in [0.1, 0.15) is 40.5 Å². The second-order valence-corrected chi connectivity index (χ2v) is 6.71. The summed E-state index contributed by atoms with van der Waals surface area (Å²) in [6.07, 6.45) is 16.7. The van der Waals surface area contributed by atoms with Crippen molar-refractivity contribution < 1.29 is 4.79 Å². The lowest BCUT2D eigenvalue weighted by atomic mass is 9.68. The molecular weight excluding hydrogens is 280 g/mol. The maximum Gasteiger partial charge on any atom is 0.143 e. The maximum atomic E-state index is 10.3. The van der Waals surface area contributed by atoms with Crippen molar-refractivity contribution in [2.45, 2.75) is 40.5 Å². The van der Waals surface area contributed by atoms with E-state index in [4.69, 9.17) is 11.6 Å². The molecular formula is C19H25ClO. The molecule has 1 rings (SSSR count). The molecule has 0 saturated carbocycles. The van der Waals surface area contributed by atoms with Crippen LogP contribution in [0.2, 0.25) is 0 Å². The molecule has 0 amide bonds. The van der Waals surface area contributed by atoms with Gasteiger partial charge in [0.25, 0.3) is 0 Å². The molecule has 1 aliphatic rings. The third-order valence-electron chi connectivity index (χ3n) is 3.98. The molecule has 0 aliphatic heterocycles. The fraction of sp³-hybridized carbons (Fsp3) is 0.421. The van der Waals surface area contributed by atoms with E-state index in [0.29, 0.717) is 11.0 Å². The van der Waals surface area contributed by atoms with E-state index in [0.717, 1.165) is 18.3 Å².